The van der Waals surface area contributed by atoms with Crippen molar-refractivity contribution in [2.24, 2.45) is 11.3 Å². The summed E-state index contributed by atoms with van der Waals surface area (Å²) in [4.78, 5) is 36.8. The van der Waals surface area contributed by atoms with E-state index >= 15 is 0 Å². The van der Waals surface area contributed by atoms with Gasteiger partial charge in [0.1, 0.15) is 11.6 Å². The number of sulfonamides is 1. The Hall–Kier alpha value is -3.27. The maximum Gasteiger partial charge on any atom is 0.281 e. The molecule has 0 bridgehead atoms. The SMILES string of the molecule is CC1CCN(c2nc(C3=CC(C)(C)CCC3=O)ccc2C(=O)NS(=O)(=O)c2cccc(N)n2)C1(C)C. The average molecular weight is 512 g/mol. The molecule has 2 aliphatic rings. The molecule has 192 valence electrons. The van der Waals surface area contributed by atoms with Gasteiger partial charge in [0, 0.05) is 24.1 Å². The first kappa shape index (κ1) is 25.8. The van der Waals surface area contributed by atoms with Gasteiger partial charge in [-0.15, -0.1) is 0 Å². The van der Waals surface area contributed by atoms with Gasteiger partial charge in [0.2, 0.25) is 0 Å². The minimum Gasteiger partial charge on any atom is -0.384 e. The van der Waals surface area contributed by atoms with E-state index in [1.807, 2.05) is 11.0 Å². The highest BCUT2D eigenvalue weighted by Crippen LogP contribution is 2.40. The highest BCUT2D eigenvalue weighted by Gasteiger charge is 2.41. The predicted octanol–water partition coefficient (Wildman–Crippen LogP) is 3.57. The molecular weight excluding hydrogens is 478 g/mol. The molecule has 0 spiro atoms. The number of rotatable bonds is 5. The lowest BCUT2D eigenvalue weighted by Gasteiger charge is -2.37. The molecule has 1 atom stereocenters. The molecule has 1 aliphatic heterocycles. The molecule has 0 aromatic carbocycles. The zero-order chi connectivity index (χ0) is 26.5. The summed E-state index contributed by atoms with van der Waals surface area (Å²) in [5.74, 6) is -0.124. The summed E-state index contributed by atoms with van der Waals surface area (Å²) in [5.41, 5.74) is 6.26. The van der Waals surface area contributed by atoms with Crippen molar-refractivity contribution in [1.82, 2.24) is 14.7 Å². The number of hydrogen-bond donors (Lipinski definition) is 2. The first-order chi connectivity index (χ1) is 16.7. The number of nitrogens with one attached hydrogen (secondary N) is 1. The molecule has 3 N–H and O–H groups in total. The number of pyridine rings is 2. The number of nitrogen functional groups attached to an aromatic ring is 1. The van der Waals surface area contributed by atoms with E-state index in [-0.39, 0.29) is 33.1 Å². The molecule has 1 amide bonds. The monoisotopic (exact) mass is 511 g/mol. The van der Waals surface area contributed by atoms with Crippen LogP contribution in [-0.4, -0.2) is 42.2 Å². The van der Waals surface area contributed by atoms with Crippen LogP contribution in [0.15, 0.2) is 41.4 Å². The number of hydrogen-bond acceptors (Lipinski definition) is 8. The van der Waals surface area contributed by atoms with Gasteiger partial charge in [0.05, 0.1) is 11.3 Å². The van der Waals surface area contributed by atoms with Crippen molar-refractivity contribution in [2.45, 2.75) is 64.4 Å². The molecule has 36 heavy (non-hydrogen) atoms. The van der Waals surface area contributed by atoms with Crippen molar-refractivity contribution in [3.63, 3.8) is 0 Å². The topological polar surface area (TPSA) is 135 Å². The van der Waals surface area contributed by atoms with Crippen molar-refractivity contribution in [3.05, 3.63) is 47.7 Å². The van der Waals surface area contributed by atoms with Crippen LogP contribution in [0.2, 0.25) is 0 Å². The lowest BCUT2D eigenvalue weighted by Crippen LogP contribution is -2.44. The van der Waals surface area contributed by atoms with Gasteiger partial charge < -0.3 is 10.6 Å². The molecule has 0 radical (unpaired) electrons. The molecule has 9 nitrogen and oxygen atoms in total. The van der Waals surface area contributed by atoms with Gasteiger partial charge in [-0.1, -0.05) is 32.9 Å². The number of amides is 1. The normalized spacial score (nSPS) is 21.2. The van der Waals surface area contributed by atoms with Crippen molar-refractivity contribution in [2.75, 3.05) is 17.2 Å². The molecular formula is C26H33N5O4S. The van der Waals surface area contributed by atoms with E-state index in [4.69, 9.17) is 10.7 Å². The number of nitrogens with two attached hydrogens (primary N) is 1. The fourth-order valence-electron chi connectivity index (χ4n) is 4.73. The van der Waals surface area contributed by atoms with Crippen LogP contribution in [0, 0.1) is 11.3 Å². The molecule has 1 saturated heterocycles. The van der Waals surface area contributed by atoms with Crippen LogP contribution in [0.1, 0.15) is 69.9 Å². The Balaban J connectivity index is 1.79. The first-order valence-corrected chi connectivity index (χ1v) is 13.5. The van der Waals surface area contributed by atoms with Crippen LogP contribution in [-0.2, 0) is 14.8 Å². The second kappa shape index (κ2) is 8.99. The largest absolute Gasteiger partial charge is 0.384 e. The Labute approximate surface area is 212 Å². The molecule has 1 unspecified atom stereocenters. The fourth-order valence-corrected chi connectivity index (χ4v) is 5.67. The van der Waals surface area contributed by atoms with E-state index in [2.05, 4.69) is 44.3 Å². The smallest absolute Gasteiger partial charge is 0.281 e. The molecule has 10 heteroatoms. The zero-order valence-corrected chi connectivity index (χ0v) is 22.1. The van der Waals surface area contributed by atoms with Crippen LogP contribution in [0.5, 0.6) is 0 Å². The molecule has 2 aromatic rings. The van der Waals surface area contributed by atoms with Gasteiger partial charge in [-0.05, 0) is 62.3 Å². The standard InChI is InChI=1S/C26H33N5O4S/c1-16-12-14-31(26(16,4)5)23-17(24(33)30-36(34,35)22-8-6-7-21(27)29-22)9-10-19(28-23)18-15-25(2,3)13-11-20(18)32/h6-10,15-16H,11-14H2,1-5H3,(H2,27,29)(H,30,33). The highest BCUT2D eigenvalue weighted by atomic mass is 32.2. The summed E-state index contributed by atoms with van der Waals surface area (Å²) in [7, 11) is -4.27. The third-order valence-electron chi connectivity index (χ3n) is 7.42. The number of aromatic nitrogens is 2. The molecule has 2 aromatic heterocycles. The Kier molecular flexibility index (Phi) is 6.45. The Morgan fingerprint density at radius 3 is 2.50 bits per heavy atom. The van der Waals surface area contributed by atoms with E-state index in [0.29, 0.717) is 36.0 Å². The zero-order valence-electron chi connectivity index (χ0n) is 21.3. The van der Waals surface area contributed by atoms with Gasteiger partial charge in [-0.3, -0.25) is 9.59 Å². The molecule has 1 aliphatic carbocycles. The maximum absolute atomic E-state index is 13.3. The highest BCUT2D eigenvalue weighted by molar-refractivity contribution is 7.90. The summed E-state index contributed by atoms with van der Waals surface area (Å²) in [6.45, 7) is 11.1. The molecule has 1 fully saturated rings. The van der Waals surface area contributed by atoms with E-state index in [1.54, 1.807) is 12.1 Å². The van der Waals surface area contributed by atoms with Crippen molar-refractivity contribution >= 4 is 38.9 Å². The van der Waals surface area contributed by atoms with Crippen LogP contribution in [0.4, 0.5) is 11.6 Å². The van der Waals surface area contributed by atoms with E-state index < -0.39 is 15.9 Å². The summed E-state index contributed by atoms with van der Waals surface area (Å²) < 4.78 is 27.8. The van der Waals surface area contributed by atoms with Crippen molar-refractivity contribution in [1.29, 1.82) is 0 Å². The van der Waals surface area contributed by atoms with E-state index in [9.17, 15) is 18.0 Å². The minimum absolute atomic E-state index is 0.00865. The van der Waals surface area contributed by atoms with Gasteiger partial charge in [0.15, 0.2) is 10.8 Å². The second-order valence-corrected chi connectivity index (χ2v) is 12.5. The summed E-state index contributed by atoms with van der Waals surface area (Å²) in [6, 6.07) is 7.34. The van der Waals surface area contributed by atoms with Gasteiger partial charge in [-0.25, -0.2) is 14.7 Å². The Bertz CT molecular complexity index is 1360. The Morgan fingerprint density at radius 1 is 1.14 bits per heavy atom. The number of anilines is 2. The number of ketones is 1. The minimum atomic E-state index is -4.27. The van der Waals surface area contributed by atoms with E-state index in [1.165, 1.54) is 18.2 Å². The average Bonchev–Trinajstić information content (AvgIpc) is 3.06. The number of nitrogens with zero attached hydrogens (tertiary/aromatic N) is 3. The van der Waals surface area contributed by atoms with Crippen LogP contribution in [0.25, 0.3) is 5.57 Å². The number of allylic oxidation sites excluding steroid dienone is 2. The molecule has 3 heterocycles. The third kappa shape index (κ3) is 4.86. The predicted molar refractivity (Wildman–Crippen MR) is 139 cm³/mol. The molecule has 0 saturated carbocycles. The van der Waals surface area contributed by atoms with Crippen LogP contribution < -0.4 is 15.4 Å². The first-order valence-electron chi connectivity index (χ1n) is 12.1. The summed E-state index contributed by atoms with van der Waals surface area (Å²) in [6.07, 6.45) is 4.02. The van der Waals surface area contributed by atoms with E-state index in [0.717, 1.165) is 12.8 Å². The van der Waals surface area contributed by atoms with Crippen molar-refractivity contribution in [3.8, 4) is 0 Å². The van der Waals surface area contributed by atoms with Crippen molar-refractivity contribution < 1.29 is 18.0 Å². The summed E-state index contributed by atoms with van der Waals surface area (Å²) >= 11 is 0. The van der Waals surface area contributed by atoms with Crippen LogP contribution in [0.3, 0.4) is 0 Å². The summed E-state index contributed by atoms with van der Waals surface area (Å²) in [5, 5.41) is -0.350. The number of Topliss-reactive ketones (excluding diaryl/α,β-unsaturated/α-hetero) is 1. The maximum atomic E-state index is 13.3. The second-order valence-electron chi connectivity index (χ2n) is 10.9. The quantitative estimate of drug-likeness (QED) is 0.622. The number of carbonyl (C=O) groups excluding carboxylic acids is 2. The lowest BCUT2D eigenvalue weighted by molar-refractivity contribution is -0.114. The lowest BCUT2D eigenvalue weighted by atomic mass is 9.78. The van der Waals surface area contributed by atoms with Gasteiger partial charge in [-0.2, -0.15) is 8.42 Å². The number of carbonyl (C=O) groups is 2. The Morgan fingerprint density at radius 2 is 1.86 bits per heavy atom. The van der Waals surface area contributed by atoms with Gasteiger partial charge >= 0.3 is 0 Å². The fraction of sp³-hybridized carbons (Fsp3) is 0.462. The third-order valence-corrected chi connectivity index (χ3v) is 8.65. The molecule has 4 rings (SSSR count). The van der Waals surface area contributed by atoms with Gasteiger partial charge in [0.25, 0.3) is 15.9 Å². The van der Waals surface area contributed by atoms with Crippen LogP contribution >= 0.6 is 0 Å².